The highest BCUT2D eigenvalue weighted by molar-refractivity contribution is 7.46. The highest BCUT2D eigenvalue weighted by atomic mass is 31.2. The summed E-state index contributed by atoms with van der Waals surface area (Å²) in [5, 5.41) is 10.2. The third kappa shape index (κ3) is 29.8. The van der Waals surface area contributed by atoms with E-state index in [4.69, 9.17) is 19.3 Å². The van der Waals surface area contributed by atoms with Gasteiger partial charge in [-0.1, -0.05) is 167 Å². The molecule has 0 spiro atoms. The summed E-state index contributed by atoms with van der Waals surface area (Å²) < 4.78 is 26.4. The van der Waals surface area contributed by atoms with Gasteiger partial charge in [0.2, 0.25) is 0 Å². The fourth-order valence-electron chi connectivity index (χ4n) is 6.69. The molecule has 0 amide bonds. The lowest BCUT2D eigenvalue weighted by Crippen LogP contribution is -2.29. The van der Waals surface area contributed by atoms with E-state index in [1.165, 1.54) is 77.0 Å². The average molecular weight is 797 g/mol. The normalized spacial score (nSPS) is 17.7. The van der Waals surface area contributed by atoms with Crippen LogP contribution in [0.5, 0.6) is 0 Å². The Morgan fingerprint density at radius 3 is 1.96 bits per heavy atom. The molecule has 1 unspecified atom stereocenters. The number of carbonyl (C=O) groups excluding carboxylic acids is 3. The van der Waals surface area contributed by atoms with Gasteiger partial charge >= 0.3 is 19.8 Å². The molecule has 11 heteroatoms. The summed E-state index contributed by atoms with van der Waals surface area (Å²) in [6, 6.07) is 0. The third-order valence-electron chi connectivity index (χ3n) is 10.4. The van der Waals surface area contributed by atoms with Gasteiger partial charge in [-0.3, -0.25) is 18.9 Å². The fourth-order valence-corrected chi connectivity index (χ4v) is 7.05. The Morgan fingerprint density at radius 1 is 0.782 bits per heavy atom. The van der Waals surface area contributed by atoms with Crippen LogP contribution in [0.4, 0.5) is 0 Å². The molecule has 0 heterocycles. The van der Waals surface area contributed by atoms with Crippen LogP contribution in [-0.2, 0) is 32.9 Å². The van der Waals surface area contributed by atoms with Gasteiger partial charge in [-0.25, -0.2) is 4.57 Å². The van der Waals surface area contributed by atoms with Gasteiger partial charge in [0, 0.05) is 18.8 Å². The number of unbranched alkanes of at least 4 members (excludes halogenated alkanes) is 16. The van der Waals surface area contributed by atoms with Gasteiger partial charge in [-0.15, -0.1) is 0 Å². The van der Waals surface area contributed by atoms with Crippen molar-refractivity contribution in [1.29, 1.82) is 0 Å². The Hall–Kier alpha value is -2.10. The molecule has 5 atom stereocenters. The van der Waals surface area contributed by atoms with Crippen LogP contribution in [0.3, 0.4) is 0 Å². The van der Waals surface area contributed by atoms with E-state index in [-0.39, 0.29) is 37.1 Å². The third-order valence-corrected chi connectivity index (χ3v) is 10.9. The molecule has 1 aliphatic rings. The number of esters is 2. The van der Waals surface area contributed by atoms with Crippen molar-refractivity contribution in [2.24, 2.45) is 17.8 Å². The molecule has 0 aromatic rings. The molecule has 0 radical (unpaired) electrons. The van der Waals surface area contributed by atoms with Crippen LogP contribution in [0.25, 0.3) is 0 Å². The highest BCUT2D eigenvalue weighted by Crippen LogP contribution is 2.36. The molecule has 10 nitrogen and oxygen atoms in total. The number of aliphatic hydroxyl groups is 1. The van der Waals surface area contributed by atoms with E-state index in [0.29, 0.717) is 32.1 Å². The van der Waals surface area contributed by atoms with E-state index in [1.807, 2.05) is 24.3 Å². The first-order valence-electron chi connectivity index (χ1n) is 21.7. The molecule has 0 fully saturated rings. The summed E-state index contributed by atoms with van der Waals surface area (Å²) in [5.41, 5.74) is 0. The Labute approximate surface area is 333 Å². The quantitative estimate of drug-likeness (QED) is 0.0241. The number of hydrogen-bond acceptors (Lipinski definition) is 8. The minimum absolute atomic E-state index is 0.0289. The Bertz CT molecular complexity index is 1150. The topological polar surface area (TPSA) is 157 Å². The first-order chi connectivity index (χ1) is 26.4. The minimum Gasteiger partial charge on any atom is -0.462 e. The molecule has 0 aromatic carbocycles. The second-order valence-corrected chi connectivity index (χ2v) is 16.8. The SMILES string of the molecule is CCCCC[C@H](O)/C=C/[C@H]1C(=O)C=C[C@@H]1C/C=C\CCCC(=O)OC[C@H](COP(=O)(O)O)OC(=O)CCCCCCCCCCCCCCCCC(C)CC. The van der Waals surface area contributed by atoms with Gasteiger partial charge in [0.1, 0.15) is 6.61 Å². The fraction of sp³-hybridized carbons (Fsp3) is 0.795. The number of phosphoric acid groups is 1. The summed E-state index contributed by atoms with van der Waals surface area (Å²) >= 11 is 0. The number of rotatable bonds is 36. The lowest BCUT2D eigenvalue weighted by molar-refractivity contribution is -0.161. The smallest absolute Gasteiger partial charge is 0.462 e. The van der Waals surface area contributed by atoms with E-state index in [9.17, 15) is 24.1 Å². The van der Waals surface area contributed by atoms with Crippen LogP contribution in [0.2, 0.25) is 0 Å². The van der Waals surface area contributed by atoms with E-state index in [0.717, 1.165) is 44.4 Å². The van der Waals surface area contributed by atoms with Crippen LogP contribution in [0.15, 0.2) is 36.5 Å². The average Bonchev–Trinajstić information content (AvgIpc) is 3.50. The Morgan fingerprint density at radius 2 is 1.36 bits per heavy atom. The molecular weight excluding hydrogens is 719 g/mol. The second kappa shape index (κ2) is 32.9. The van der Waals surface area contributed by atoms with Crippen molar-refractivity contribution in [2.75, 3.05) is 13.2 Å². The number of hydrogen-bond donors (Lipinski definition) is 3. The van der Waals surface area contributed by atoms with Crippen molar-refractivity contribution >= 4 is 25.5 Å². The van der Waals surface area contributed by atoms with E-state index in [1.54, 1.807) is 12.2 Å². The maximum atomic E-state index is 12.5. The monoisotopic (exact) mass is 797 g/mol. The molecule has 318 valence electrons. The second-order valence-electron chi connectivity index (χ2n) is 15.6. The zero-order chi connectivity index (χ0) is 40.6. The molecule has 1 rings (SSSR count). The number of phosphoric ester groups is 1. The molecule has 0 aromatic heterocycles. The van der Waals surface area contributed by atoms with E-state index in [2.05, 4.69) is 25.3 Å². The molecule has 3 N–H and O–H groups in total. The first-order valence-corrected chi connectivity index (χ1v) is 23.3. The van der Waals surface area contributed by atoms with Crippen LogP contribution in [0.1, 0.15) is 181 Å². The number of allylic oxidation sites excluding steroid dienone is 5. The molecular formula is C44H77O10P. The van der Waals surface area contributed by atoms with Gasteiger partial charge in [-0.2, -0.15) is 0 Å². The predicted molar refractivity (Wildman–Crippen MR) is 220 cm³/mol. The largest absolute Gasteiger partial charge is 0.469 e. The summed E-state index contributed by atoms with van der Waals surface area (Å²) in [7, 11) is -4.80. The van der Waals surface area contributed by atoms with Gasteiger partial charge in [0.15, 0.2) is 11.9 Å². The van der Waals surface area contributed by atoms with Gasteiger partial charge < -0.3 is 24.4 Å². The van der Waals surface area contributed by atoms with E-state index >= 15 is 0 Å². The van der Waals surface area contributed by atoms with Crippen molar-refractivity contribution in [1.82, 2.24) is 0 Å². The molecule has 0 bridgehead atoms. The zero-order valence-electron chi connectivity index (χ0n) is 34.6. The van der Waals surface area contributed by atoms with Gasteiger partial charge in [0.25, 0.3) is 0 Å². The number of ether oxygens (including phenoxy) is 2. The van der Waals surface area contributed by atoms with E-state index < -0.39 is 38.6 Å². The van der Waals surface area contributed by atoms with Gasteiger partial charge in [0.05, 0.1) is 12.7 Å². The van der Waals surface area contributed by atoms with Gasteiger partial charge in [-0.05, 0) is 50.0 Å². The summed E-state index contributed by atoms with van der Waals surface area (Å²) in [6.45, 7) is 5.79. The van der Waals surface area contributed by atoms with Crippen LogP contribution >= 0.6 is 7.82 Å². The first kappa shape index (κ1) is 50.9. The molecule has 0 saturated carbocycles. The molecule has 0 aliphatic heterocycles. The van der Waals surface area contributed by atoms with Crippen molar-refractivity contribution < 1.29 is 47.8 Å². The van der Waals surface area contributed by atoms with Crippen molar-refractivity contribution in [3.63, 3.8) is 0 Å². The number of ketones is 1. The molecule has 55 heavy (non-hydrogen) atoms. The Balaban J connectivity index is 2.21. The summed E-state index contributed by atoms with van der Waals surface area (Å²) in [6.07, 6.45) is 34.9. The van der Waals surface area contributed by atoms with Crippen LogP contribution < -0.4 is 0 Å². The zero-order valence-corrected chi connectivity index (χ0v) is 35.5. The van der Waals surface area contributed by atoms with Crippen molar-refractivity contribution in [3.8, 4) is 0 Å². The Kier molecular flexibility index (Phi) is 30.5. The maximum Gasteiger partial charge on any atom is 0.469 e. The number of carbonyl (C=O) groups is 3. The number of aliphatic hydroxyl groups excluding tert-OH is 1. The minimum atomic E-state index is -4.80. The van der Waals surface area contributed by atoms with Crippen LogP contribution in [0, 0.1) is 17.8 Å². The van der Waals surface area contributed by atoms with Crippen molar-refractivity contribution in [2.45, 2.75) is 193 Å². The lowest BCUT2D eigenvalue weighted by Gasteiger charge is -2.18. The maximum absolute atomic E-state index is 12.5. The predicted octanol–water partition coefficient (Wildman–Crippen LogP) is 10.8. The lowest BCUT2D eigenvalue weighted by atomic mass is 9.90. The van der Waals surface area contributed by atoms with Crippen molar-refractivity contribution in [3.05, 3.63) is 36.5 Å². The molecule has 0 saturated heterocycles. The summed E-state index contributed by atoms with van der Waals surface area (Å²) in [4.78, 5) is 55.4. The van der Waals surface area contributed by atoms with Crippen LogP contribution in [-0.4, -0.2) is 58.0 Å². The molecule has 1 aliphatic carbocycles. The highest BCUT2D eigenvalue weighted by Gasteiger charge is 2.27. The summed E-state index contributed by atoms with van der Waals surface area (Å²) in [5.74, 6) is -0.370. The standard InChI is InChI=1S/C44H77O10P/c1-4-6-21-28-39(45)32-33-41-38(31-34-42(41)46)27-23-19-20-24-29-43(47)52-35-40(36-53-55(49,50)51)54-44(48)30-25-18-16-14-12-10-8-7-9-11-13-15-17-22-26-37(3)5-2/h19,23,31-34,37-41,45H,4-18,20-22,24-30,35-36H2,1-3H3,(H2,49,50,51)/b23-19-,33-32+/t37?,38-,39-,40+,41+/m0/s1.